The third-order valence-corrected chi connectivity index (χ3v) is 5.68. The van der Waals surface area contributed by atoms with Crippen LogP contribution in [-0.2, 0) is 19.3 Å². The van der Waals surface area contributed by atoms with E-state index in [9.17, 15) is 26.3 Å². The number of alkyl halides is 3. The Kier molecular flexibility index (Phi) is 6.43. The molecular formula is C26H19F7O. The van der Waals surface area contributed by atoms with Gasteiger partial charge in [0.25, 0.3) is 0 Å². The summed E-state index contributed by atoms with van der Waals surface area (Å²) in [6, 6.07) is 7.83. The lowest BCUT2D eigenvalue weighted by molar-refractivity contribution is -0.274. The maximum atomic E-state index is 15.3. The highest BCUT2D eigenvalue weighted by atomic mass is 19.4. The molecule has 0 radical (unpaired) electrons. The molecule has 0 N–H and O–H groups in total. The average Bonchev–Trinajstić information content (AvgIpc) is 2.73. The summed E-state index contributed by atoms with van der Waals surface area (Å²) in [7, 11) is 0. The topological polar surface area (TPSA) is 9.23 Å². The fourth-order valence-electron chi connectivity index (χ4n) is 4.23. The molecule has 0 saturated heterocycles. The molecule has 4 rings (SSSR count). The van der Waals surface area contributed by atoms with Crippen LogP contribution in [0.15, 0.2) is 48.5 Å². The fourth-order valence-corrected chi connectivity index (χ4v) is 4.23. The van der Waals surface area contributed by atoms with E-state index in [-0.39, 0.29) is 35.1 Å². The summed E-state index contributed by atoms with van der Waals surface area (Å²) in [6.45, 7) is 1.90. The molecule has 1 nitrogen and oxygen atoms in total. The zero-order valence-electron chi connectivity index (χ0n) is 18.0. The molecule has 0 unspecified atom stereocenters. The van der Waals surface area contributed by atoms with Crippen molar-refractivity contribution in [2.45, 2.75) is 39.0 Å². The number of rotatable bonds is 5. The Bertz CT molecular complexity index is 1230. The van der Waals surface area contributed by atoms with Gasteiger partial charge in [0.15, 0.2) is 0 Å². The van der Waals surface area contributed by atoms with Crippen molar-refractivity contribution in [2.24, 2.45) is 0 Å². The number of fused-ring (bicyclic) bond motifs is 1. The molecule has 1 aliphatic carbocycles. The molecule has 0 spiro atoms. The van der Waals surface area contributed by atoms with Gasteiger partial charge in [0.05, 0.1) is 5.56 Å². The summed E-state index contributed by atoms with van der Waals surface area (Å²) >= 11 is 0. The molecule has 0 fully saturated rings. The van der Waals surface area contributed by atoms with E-state index in [2.05, 4.69) is 4.74 Å². The van der Waals surface area contributed by atoms with Crippen LogP contribution in [0.1, 0.15) is 35.6 Å². The van der Waals surface area contributed by atoms with Gasteiger partial charge in [0, 0.05) is 5.56 Å². The van der Waals surface area contributed by atoms with Crippen LogP contribution in [0.5, 0.6) is 5.75 Å². The Hall–Kier alpha value is -3.29. The maximum absolute atomic E-state index is 15.3. The van der Waals surface area contributed by atoms with Crippen LogP contribution >= 0.6 is 0 Å². The molecule has 0 bridgehead atoms. The lowest BCUT2D eigenvalue weighted by Gasteiger charge is -2.21. The van der Waals surface area contributed by atoms with E-state index in [1.54, 1.807) is 0 Å². The predicted molar refractivity (Wildman–Crippen MR) is 114 cm³/mol. The minimum Gasteiger partial charge on any atom is -0.406 e. The third-order valence-electron chi connectivity index (χ3n) is 5.68. The van der Waals surface area contributed by atoms with Crippen LogP contribution in [0.2, 0.25) is 0 Å². The quantitative estimate of drug-likeness (QED) is 0.337. The summed E-state index contributed by atoms with van der Waals surface area (Å²) in [5.41, 5.74) is 0.679. The lowest BCUT2D eigenvalue weighted by Crippen LogP contribution is -2.17. The van der Waals surface area contributed by atoms with Crippen LogP contribution in [-0.4, -0.2) is 6.36 Å². The molecule has 3 aromatic carbocycles. The normalized spacial score (nSPS) is 13.5. The number of hydrogen-bond acceptors (Lipinski definition) is 1. The van der Waals surface area contributed by atoms with Gasteiger partial charge in [-0.3, -0.25) is 0 Å². The Morgan fingerprint density at radius 3 is 2.06 bits per heavy atom. The number of allylic oxidation sites excluding steroid dienone is 2. The first-order valence-electron chi connectivity index (χ1n) is 10.6. The van der Waals surface area contributed by atoms with Crippen LogP contribution in [0.25, 0.3) is 16.7 Å². The van der Waals surface area contributed by atoms with Crippen molar-refractivity contribution in [1.82, 2.24) is 0 Å². The first kappa shape index (κ1) is 23.9. The Morgan fingerprint density at radius 2 is 1.47 bits per heavy atom. The fraction of sp³-hybridized carbons (Fsp3) is 0.231. The van der Waals surface area contributed by atoms with Gasteiger partial charge < -0.3 is 4.74 Å². The monoisotopic (exact) mass is 480 g/mol. The van der Waals surface area contributed by atoms with Crippen LogP contribution in [0.3, 0.4) is 0 Å². The van der Waals surface area contributed by atoms with Gasteiger partial charge in [-0.1, -0.05) is 31.6 Å². The number of aryl methyl sites for hydroxylation is 1. The van der Waals surface area contributed by atoms with Gasteiger partial charge in [-0.15, -0.1) is 13.2 Å². The van der Waals surface area contributed by atoms with Crippen LogP contribution < -0.4 is 4.74 Å². The van der Waals surface area contributed by atoms with Crippen molar-refractivity contribution in [3.8, 4) is 16.9 Å². The Labute approximate surface area is 191 Å². The minimum atomic E-state index is -4.89. The van der Waals surface area contributed by atoms with Gasteiger partial charge in [0.1, 0.15) is 29.0 Å². The Morgan fingerprint density at radius 1 is 0.853 bits per heavy atom. The second-order valence-electron chi connectivity index (χ2n) is 8.05. The standard InChI is InChI=1S/C26H19F7O/c1-2-3-14-10-20(27)23(21(28)11-14)16-6-9-19-17(12-16)13-22(29)24(25(19)30)15-4-7-18(8-5-15)34-26(31,32)33/h4-8,10-11,13H,2-3,9,12H2,1H3. The highest BCUT2D eigenvalue weighted by Gasteiger charge is 2.31. The summed E-state index contributed by atoms with van der Waals surface area (Å²) in [4.78, 5) is 0. The van der Waals surface area contributed by atoms with E-state index in [1.165, 1.54) is 18.2 Å². The van der Waals surface area contributed by atoms with E-state index in [0.717, 1.165) is 36.8 Å². The highest BCUT2D eigenvalue weighted by molar-refractivity contribution is 5.74. The minimum absolute atomic E-state index is 0.0192. The zero-order valence-corrected chi connectivity index (χ0v) is 18.0. The Balaban J connectivity index is 1.66. The molecule has 0 aliphatic heterocycles. The largest absolute Gasteiger partial charge is 0.573 e. The summed E-state index contributed by atoms with van der Waals surface area (Å²) in [5, 5.41) is 0. The van der Waals surface area contributed by atoms with Crippen LogP contribution in [0, 0.1) is 23.3 Å². The molecule has 0 saturated carbocycles. The van der Waals surface area contributed by atoms with E-state index < -0.39 is 40.9 Å². The molecule has 8 heteroatoms. The SMILES string of the molecule is CCCc1cc(F)c(C2=CCc3c(cc(F)c(-c4ccc(OC(F)(F)F)cc4)c3F)C2)c(F)c1. The molecule has 0 atom stereocenters. The molecular weight excluding hydrogens is 461 g/mol. The third kappa shape index (κ3) is 4.81. The first-order chi connectivity index (χ1) is 16.1. The highest BCUT2D eigenvalue weighted by Crippen LogP contribution is 2.38. The van der Waals surface area contributed by atoms with Gasteiger partial charge in [-0.2, -0.15) is 0 Å². The van der Waals surface area contributed by atoms with Crippen LogP contribution in [0.4, 0.5) is 30.7 Å². The smallest absolute Gasteiger partial charge is 0.406 e. The summed E-state index contributed by atoms with van der Waals surface area (Å²) in [6.07, 6.45) is -2.21. The molecule has 34 heavy (non-hydrogen) atoms. The lowest BCUT2D eigenvalue weighted by atomic mass is 9.85. The van der Waals surface area contributed by atoms with Gasteiger partial charge >= 0.3 is 6.36 Å². The number of ether oxygens (including phenoxy) is 1. The van der Waals surface area contributed by atoms with Crippen molar-refractivity contribution in [3.63, 3.8) is 0 Å². The number of benzene rings is 3. The zero-order chi connectivity index (χ0) is 24.6. The van der Waals surface area contributed by atoms with Crippen molar-refractivity contribution in [1.29, 1.82) is 0 Å². The average molecular weight is 480 g/mol. The van der Waals surface area contributed by atoms with Crippen molar-refractivity contribution < 1.29 is 35.5 Å². The summed E-state index contributed by atoms with van der Waals surface area (Å²) in [5.74, 6) is -3.76. The molecule has 1 aliphatic rings. The molecule has 178 valence electrons. The van der Waals surface area contributed by atoms with E-state index in [1.807, 2.05) is 6.92 Å². The predicted octanol–water partition coefficient (Wildman–Crippen LogP) is 7.94. The van der Waals surface area contributed by atoms with E-state index >= 15 is 4.39 Å². The van der Waals surface area contributed by atoms with Gasteiger partial charge in [-0.05, 0) is 77.4 Å². The maximum Gasteiger partial charge on any atom is 0.573 e. The molecule has 0 amide bonds. The second kappa shape index (κ2) is 9.16. The van der Waals surface area contributed by atoms with Crippen molar-refractivity contribution in [2.75, 3.05) is 0 Å². The molecule has 3 aromatic rings. The second-order valence-corrected chi connectivity index (χ2v) is 8.05. The number of hydrogen-bond donors (Lipinski definition) is 0. The van der Waals surface area contributed by atoms with E-state index in [4.69, 9.17) is 0 Å². The van der Waals surface area contributed by atoms with Crippen molar-refractivity contribution >= 4 is 5.57 Å². The van der Waals surface area contributed by atoms with Gasteiger partial charge in [-0.25, -0.2) is 17.6 Å². The van der Waals surface area contributed by atoms with E-state index in [0.29, 0.717) is 17.6 Å². The van der Waals surface area contributed by atoms with Crippen molar-refractivity contribution in [3.05, 3.63) is 94.1 Å². The first-order valence-corrected chi connectivity index (χ1v) is 10.6. The summed E-state index contributed by atoms with van der Waals surface area (Å²) < 4.78 is 100. The molecule has 0 heterocycles. The molecule has 0 aromatic heterocycles. The van der Waals surface area contributed by atoms with Gasteiger partial charge in [0.2, 0.25) is 0 Å². The number of halogens is 7.